The molecule has 0 bridgehead atoms. The van der Waals surface area contributed by atoms with Crippen molar-refractivity contribution in [2.45, 2.75) is 19.0 Å². The molecule has 2 atom stereocenters. The van der Waals surface area contributed by atoms with Crippen LogP contribution < -0.4 is 0 Å². The van der Waals surface area contributed by atoms with Gasteiger partial charge >= 0.3 is 6.18 Å². The molecule has 0 aliphatic heterocycles. The van der Waals surface area contributed by atoms with Gasteiger partial charge in [0.1, 0.15) is 0 Å². The second-order valence-electron chi connectivity index (χ2n) is 10.6. The number of hydrogen-bond acceptors (Lipinski definition) is 0. The number of alkyl halides is 3. The summed E-state index contributed by atoms with van der Waals surface area (Å²) < 4.78 is 42.7. The molecule has 39 heavy (non-hydrogen) atoms. The molecule has 0 radical (unpaired) electrons. The molecule has 0 heterocycles. The molecule has 0 amide bonds. The van der Waals surface area contributed by atoms with E-state index in [1.54, 1.807) is 6.08 Å². The first-order valence-corrected chi connectivity index (χ1v) is 13.1. The Hall–Kier alpha value is -4.37. The Morgan fingerprint density at radius 1 is 0.590 bits per heavy atom. The van der Waals surface area contributed by atoms with Crippen LogP contribution in [0, 0.1) is 5.41 Å². The molecular weight excluding hydrogens is 489 g/mol. The van der Waals surface area contributed by atoms with Crippen LogP contribution in [0.25, 0.3) is 27.1 Å². The van der Waals surface area contributed by atoms with Crippen LogP contribution >= 0.6 is 0 Å². The first kappa shape index (κ1) is 23.7. The Bertz CT molecular complexity index is 1860. The maximum Gasteiger partial charge on any atom is 0.416 e. The van der Waals surface area contributed by atoms with E-state index in [4.69, 9.17) is 0 Å². The highest BCUT2D eigenvalue weighted by molar-refractivity contribution is 6.01. The quantitative estimate of drug-likeness (QED) is 0.220. The van der Waals surface area contributed by atoms with E-state index in [9.17, 15) is 13.2 Å². The van der Waals surface area contributed by atoms with Gasteiger partial charge in [-0.3, -0.25) is 0 Å². The molecule has 0 nitrogen and oxygen atoms in total. The fourth-order valence-electron chi connectivity index (χ4n) is 6.74. The second kappa shape index (κ2) is 8.57. The molecule has 0 saturated carbocycles. The molecule has 190 valence electrons. The largest absolute Gasteiger partial charge is 0.416 e. The minimum Gasteiger partial charge on any atom is -0.166 e. The van der Waals surface area contributed by atoms with Crippen LogP contribution in [-0.4, -0.2) is 6.18 Å². The molecule has 5 aromatic carbocycles. The molecule has 2 aliphatic carbocycles. The Morgan fingerprint density at radius 3 is 1.92 bits per heavy atom. The summed E-state index contributed by atoms with van der Waals surface area (Å²) in [5, 5.41) is 4.32. The topological polar surface area (TPSA) is 0 Å². The summed E-state index contributed by atoms with van der Waals surface area (Å²) >= 11 is 0. The normalized spacial score (nSPS) is 20.6. The minimum atomic E-state index is -4.44. The number of hydrogen-bond donors (Lipinski definition) is 0. The van der Waals surface area contributed by atoms with Crippen molar-refractivity contribution in [3.63, 3.8) is 0 Å². The van der Waals surface area contributed by atoms with Gasteiger partial charge in [-0.2, -0.15) is 13.2 Å². The first-order valence-electron chi connectivity index (χ1n) is 13.1. The number of benzene rings is 5. The fraction of sp³-hybridized carbons (Fsp3) is 0.111. The summed E-state index contributed by atoms with van der Waals surface area (Å²) in [6.45, 7) is 1.98. The second-order valence-corrected chi connectivity index (χ2v) is 10.6. The Morgan fingerprint density at radius 2 is 1.15 bits per heavy atom. The van der Waals surface area contributed by atoms with Crippen LogP contribution in [0.1, 0.15) is 35.1 Å². The molecule has 0 saturated heterocycles. The molecular formula is C36H25F3. The monoisotopic (exact) mass is 514 g/mol. The van der Waals surface area contributed by atoms with Gasteiger partial charge in [-0.05, 0) is 61.0 Å². The maximum absolute atomic E-state index is 14.2. The molecule has 7 rings (SSSR count). The molecule has 2 unspecified atom stereocenters. The number of fused-ring (bicyclic) bond motifs is 4. The minimum absolute atomic E-state index is 0.309. The van der Waals surface area contributed by atoms with Gasteiger partial charge in [0.15, 0.2) is 0 Å². The van der Waals surface area contributed by atoms with Crippen LogP contribution in [0.3, 0.4) is 0 Å². The predicted molar refractivity (Wildman–Crippen MR) is 154 cm³/mol. The Kier molecular flexibility index (Phi) is 5.21. The molecule has 5 aromatic rings. The van der Waals surface area contributed by atoms with Crippen molar-refractivity contribution >= 4 is 27.1 Å². The lowest BCUT2D eigenvalue weighted by molar-refractivity contribution is -0.0891. The van der Waals surface area contributed by atoms with E-state index >= 15 is 0 Å². The van der Waals surface area contributed by atoms with Crippen molar-refractivity contribution in [2.24, 2.45) is 5.41 Å². The lowest BCUT2D eigenvalue weighted by atomic mass is 9.57. The average molecular weight is 515 g/mol. The van der Waals surface area contributed by atoms with Gasteiger partial charge in [-0.25, -0.2) is 0 Å². The maximum atomic E-state index is 14.2. The van der Waals surface area contributed by atoms with Gasteiger partial charge in [0.25, 0.3) is 0 Å². The van der Waals surface area contributed by atoms with Gasteiger partial charge in [0, 0.05) is 11.3 Å². The fourth-order valence-corrected chi connectivity index (χ4v) is 6.74. The summed E-state index contributed by atoms with van der Waals surface area (Å²) in [7, 11) is 0. The number of allylic oxidation sites excluding steroid dienone is 5. The van der Waals surface area contributed by atoms with Crippen LogP contribution in [-0.2, 0) is 0 Å². The first-order chi connectivity index (χ1) is 18.9. The van der Waals surface area contributed by atoms with E-state index in [1.807, 2.05) is 55.5 Å². The molecule has 0 aromatic heterocycles. The van der Waals surface area contributed by atoms with Crippen molar-refractivity contribution in [1.82, 2.24) is 0 Å². The lowest BCUT2D eigenvalue weighted by Gasteiger charge is -2.46. The zero-order chi connectivity index (χ0) is 26.8. The van der Waals surface area contributed by atoms with Gasteiger partial charge in [0.2, 0.25) is 0 Å². The SMILES string of the molecule is CC12C=C(C(F)(F)F)C=CC1=C(c1cccc3ccccc13)c1ccccc1C2c1cccc2ccccc12. The average Bonchev–Trinajstić information content (AvgIpc) is 2.94. The molecule has 0 spiro atoms. The smallest absolute Gasteiger partial charge is 0.166 e. The molecule has 0 N–H and O–H groups in total. The Balaban J connectivity index is 1.62. The van der Waals surface area contributed by atoms with Crippen LogP contribution in [0.5, 0.6) is 0 Å². The van der Waals surface area contributed by atoms with Gasteiger partial charge in [0.05, 0.1) is 5.57 Å². The highest BCUT2D eigenvalue weighted by Gasteiger charge is 2.48. The van der Waals surface area contributed by atoms with Gasteiger partial charge < -0.3 is 0 Å². The molecule has 2 aliphatic rings. The van der Waals surface area contributed by atoms with Gasteiger partial charge in [-0.15, -0.1) is 0 Å². The summed E-state index contributed by atoms with van der Waals surface area (Å²) in [6, 6.07) is 36.9. The van der Waals surface area contributed by atoms with E-state index in [0.717, 1.165) is 54.9 Å². The number of rotatable bonds is 2. The van der Waals surface area contributed by atoms with E-state index in [1.165, 1.54) is 12.2 Å². The van der Waals surface area contributed by atoms with Crippen LogP contribution in [0.4, 0.5) is 13.2 Å². The highest BCUT2D eigenvalue weighted by atomic mass is 19.4. The third kappa shape index (κ3) is 3.60. The number of halogens is 3. The van der Waals surface area contributed by atoms with Crippen molar-refractivity contribution in [3.8, 4) is 0 Å². The highest BCUT2D eigenvalue weighted by Crippen LogP contribution is 2.59. The van der Waals surface area contributed by atoms with Crippen molar-refractivity contribution in [2.75, 3.05) is 0 Å². The third-order valence-electron chi connectivity index (χ3n) is 8.40. The van der Waals surface area contributed by atoms with E-state index in [2.05, 4.69) is 60.7 Å². The predicted octanol–water partition coefficient (Wildman–Crippen LogP) is 10.0. The standard InChI is InChI=1S/C36H25F3/c1-35-22-25(36(37,38)39)20-21-32(35)33(28-18-8-12-23-10-2-4-14-26(23)28)29-16-6-7-17-31(29)34(35)30-19-9-13-24-11-3-5-15-27(24)30/h2-22,34H,1H3. The van der Waals surface area contributed by atoms with E-state index < -0.39 is 17.2 Å². The van der Waals surface area contributed by atoms with Crippen molar-refractivity contribution in [3.05, 3.63) is 161 Å². The van der Waals surface area contributed by atoms with Crippen LogP contribution in [0.15, 0.2) is 139 Å². The van der Waals surface area contributed by atoms with Crippen molar-refractivity contribution < 1.29 is 13.2 Å². The molecule has 0 fully saturated rings. The summed E-state index contributed by atoms with van der Waals surface area (Å²) in [4.78, 5) is 0. The van der Waals surface area contributed by atoms with E-state index in [0.29, 0.717) is 0 Å². The van der Waals surface area contributed by atoms with Crippen molar-refractivity contribution in [1.29, 1.82) is 0 Å². The zero-order valence-corrected chi connectivity index (χ0v) is 21.3. The zero-order valence-electron chi connectivity index (χ0n) is 21.3. The summed E-state index contributed by atoms with van der Waals surface area (Å²) in [5.74, 6) is -0.309. The summed E-state index contributed by atoms with van der Waals surface area (Å²) in [5.41, 5.74) is 4.53. The third-order valence-corrected chi connectivity index (χ3v) is 8.40. The Labute approximate surface area is 225 Å². The molecule has 3 heteroatoms. The summed E-state index contributed by atoms with van der Waals surface area (Å²) in [6.07, 6.45) is -0.00886. The van der Waals surface area contributed by atoms with Gasteiger partial charge in [-0.1, -0.05) is 128 Å². The van der Waals surface area contributed by atoms with Crippen LogP contribution in [0.2, 0.25) is 0 Å². The lowest BCUT2D eigenvalue weighted by Crippen LogP contribution is -2.34. The van der Waals surface area contributed by atoms with E-state index in [-0.39, 0.29) is 5.92 Å².